The molecule has 2 aromatic carbocycles. The van der Waals surface area contributed by atoms with Crippen molar-refractivity contribution in [1.29, 1.82) is 0 Å². The highest BCUT2D eigenvalue weighted by molar-refractivity contribution is 6.42. The van der Waals surface area contributed by atoms with Crippen LogP contribution in [-0.4, -0.2) is 19.2 Å². The number of rotatable bonds is 6. The maximum atomic E-state index is 11.8. The Hall–Kier alpha value is -1.91. The van der Waals surface area contributed by atoms with Gasteiger partial charge in [-0.15, -0.1) is 0 Å². The summed E-state index contributed by atoms with van der Waals surface area (Å²) in [5.41, 5.74) is 1.72. The van der Waals surface area contributed by atoms with Gasteiger partial charge in [0, 0.05) is 12.2 Å². The zero-order chi connectivity index (χ0) is 16.7. The van der Waals surface area contributed by atoms with E-state index in [-0.39, 0.29) is 6.03 Å². The van der Waals surface area contributed by atoms with Crippen LogP contribution in [0.25, 0.3) is 0 Å². The fraction of sp³-hybridized carbons (Fsp3) is 0.235. The molecule has 0 fully saturated rings. The van der Waals surface area contributed by atoms with Crippen LogP contribution >= 0.6 is 23.2 Å². The molecule has 0 unspecified atom stereocenters. The van der Waals surface area contributed by atoms with Crippen molar-refractivity contribution < 1.29 is 9.53 Å². The summed E-state index contributed by atoms with van der Waals surface area (Å²) in [4.78, 5) is 11.8. The zero-order valence-electron chi connectivity index (χ0n) is 12.7. The molecule has 0 atom stereocenters. The van der Waals surface area contributed by atoms with E-state index < -0.39 is 0 Å². The molecule has 0 bridgehead atoms. The lowest BCUT2D eigenvalue weighted by molar-refractivity contribution is 0.252. The van der Waals surface area contributed by atoms with Gasteiger partial charge < -0.3 is 15.4 Å². The average Bonchev–Trinajstić information content (AvgIpc) is 2.53. The highest BCUT2D eigenvalue weighted by atomic mass is 35.5. The van der Waals surface area contributed by atoms with Crippen LogP contribution in [0.5, 0.6) is 5.75 Å². The van der Waals surface area contributed by atoms with Gasteiger partial charge in [-0.3, -0.25) is 0 Å². The van der Waals surface area contributed by atoms with E-state index >= 15 is 0 Å². The van der Waals surface area contributed by atoms with Crippen LogP contribution in [0.4, 0.5) is 10.5 Å². The van der Waals surface area contributed by atoms with Crippen LogP contribution in [0.3, 0.4) is 0 Å². The van der Waals surface area contributed by atoms with Crippen molar-refractivity contribution in [1.82, 2.24) is 5.32 Å². The number of amides is 2. The van der Waals surface area contributed by atoms with E-state index in [0.717, 1.165) is 11.3 Å². The minimum Gasteiger partial charge on any atom is -0.494 e. The fourth-order valence-electron chi connectivity index (χ4n) is 1.99. The first-order chi connectivity index (χ1) is 11.1. The molecule has 0 aliphatic heterocycles. The minimum atomic E-state index is -0.255. The van der Waals surface area contributed by atoms with Gasteiger partial charge in [0.25, 0.3) is 0 Å². The summed E-state index contributed by atoms with van der Waals surface area (Å²) >= 11 is 11.8. The van der Waals surface area contributed by atoms with Gasteiger partial charge in [0.1, 0.15) is 5.75 Å². The number of benzene rings is 2. The molecule has 0 radical (unpaired) electrons. The third-order valence-electron chi connectivity index (χ3n) is 3.11. The number of anilines is 1. The molecule has 122 valence electrons. The summed E-state index contributed by atoms with van der Waals surface area (Å²) in [6.45, 7) is 3.04. The Kier molecular flexibility index (Phi) is 6.56. The molecule has 2 amide bonds. The molecule has 23 heavy (non-hydrogen) atoms. The molecule has 0 heterocycles. The van der Waals surface area contributed by atoms with E-state index in [1.54, 1.807) is 24.3 Å². The Morgan fingerprint density at radius 1 is 1.09 bits per heavy atom. The topological polar surface area (TPSA) is 50.4 Å². The molecular weight excluding hydrogens is 335 g/mol. The monoisotopic (exact) mass is 352 g/mol. The van der Waals surface area contributed by atoms with Gasteiger partial charge in [-0.25, -0.2) is 4.79 Å². The molecule has 0 aromatic heterocycles. The van der Waals surface area contributed by atoms with Crippen LogP contribution < -0.4 is 15.4 Å². The van der Waals surface area contributed by atoms with Crippen LogP contribution in [0.2, 0.25) is 10.0 Å². The maximum Gasteiger partial charge on any atom is 0.319 e. The quantitative estimate of drug-likeness (QED) is 0.787. The standard InChI is InChI=1S/C17H18Cl2N2O2/c1-2-23-14-6-4-13(5-7-14)21-17(22)20-10-9-12-3-8-15(18)16(19)11-12/h3-8,11H,2,9-10H2,1H3,(H2,20,21,22). The minimum absolute atomic E-state index is 0.255. The van der Waals surface area contributed by atoms with Gasteiger partial charge in [-0.2, -0.15) is 0 Å². The molecule has 0 spiro atoms. The van der Waals surface area contributed by atoms with E-state index in [1.807, 2.05) is 25.1 Å². The van der Waals surface area contributed by atoms with E-state index in [4.69, 9.17) is 27.9 Å². The molecule has 2 aromatic rings. The first-order valence-electron chi connectivity index (χ1n) is 7.30. The largest absolute Gasteiger partial charge is 0.494 e. The summed E-state index contributed by atoms with van der Waals surface area (Å²) in [6.07, 6.45) is 0.674. The summed E-state index contributed by atoms with van der Waals surface area (Å²) in [5.74, 6) is 0.776. The highest BCUT2D eigenvalue weighted by Gasteiger charge is 2.03. The molecule has 6 heteroatoms. The lowest BCUT2D eigenvalue weighted by Crippen LogP contribution is -2.30. The second-order valence-electron chi connectivity index (χ2n) is 4.84. The Morgan fingerprint density at radius 3 is 2.48 bits per heavy atom. The normalized spacial score (nSPS) is 10.2. The van der Waals surface area contributed by atoms with Crippen LogP contribution in [0, 0.1) is 0 Å². The number of carbonyl (C=O) groups excluding carboxylic acids is 1. The van der Waals surface area contributed by atoms with E-state index in [1.165, 1.54) is 0 Å². The first kappa shape index (κ1) is 17.4. The van der Waals surface area contributed by atoms with Crippen LogP contribution in [0.15, 0.2) is 42.5 Å². The van der Waals surface area contributed by atoms with Crippen LogP contribution in [0.1, 0.15) is 12.5 Å². The van der Waals surface area contributed by atoms with Gasteiger partial charge in [-0.05, 0) is 55.3 Å². The number of hydrogen-bond acceptors (Lipinski definition) is 2. The predicted molar refractivity (Wildman–Crippen MR) is 94.8 cm³/mol. The molecule has 0 saturated heterocycles. The van der Waals surface area contributed by atoms with Gasteiger partial charge in [0.2, 0.25) is 0 Å². The zero-order valence-corrected chi connectivity index (χ0v) is 14.2. The van der Waals surface area contributed by atoms with E-state index in [0.29, 0.717) is 35.3 Å². The van der Waals surface area contributed by atoms with Crippen molar-refractivity contribution in [3.05, 3.63) is 58.1 Å². The first-order valence-corrected chi connectivity index (χ1v) is 8.05. The van der Waals surface area contributed by atoms with Gasteiger partial charge >= 0.3 is 6.03 Å². The predicted octanol–water partition coefficient (Wildman–Crippen LogP) is 4.76. The van der Waals surface area contributed by atoms with Crippen molar-refractivity contribution in [3.8, 4) is 5.75 Å². The molecule has 0 saturated carbocycles. The van der Waals surface area contributed by atoms with Gasteiger partial charge in [-0.1, -0.05) is 29.3 Å². The third-order valence-corrected chi connectivity index (χ3v) is 3.85. The summed E-state index contributed by atoms with van der Waals surface area (Å²) in [5, 5.41) is 6.60. The highest BCUT2D eigenvalue weighted by Crippen LogP contribution is 2.22. The Bertz CT molecular complexity index is 660. The smallest absolute Gasteiger partial charge is 0.319 e. The second kappa shape index (κ2) is 8.65. The molecular formula is C17H18Cl2N2O2. The summed E-state index contributed by atoms with van der Waals surface area (Å²) in [6, 6.07) is 12.4. The molecule has 0 aliphatic carbocycles. The van der Waals surface area contributed by atoms with Crippen molar-refractivity contribution in [2.24, 2.45) is 0 Å². The Balaban J connectivity index is 1.77. The van der Waals surface area contributed by atoms with Crippen molar-refractivity contribution in [2.75, 3.05) is 18.5 Å². The van der Waals surface area contributed by atoms with Crippen molar-refractivity contribution in [2.45, 2.75) is 13.3 Å². The molecule has 4 nitrogen and oxygen atoms in total. The average molecular weight is 353 g/mol. The van der Waals surface area contributed by atoms with Crippen molar-refractivity contribution in [3.63, 3.8) is 0 Å². The van der Waals surface area contributed by atoms with Crippen LogP contribution in [-0.2, 0) is 6.42 Å². The second-order valence-corrected chi connectivity index (χ2v) is 5.65. The number of carbonyl (C=O) groups is 1. The summed E-state index contributed by atoms with van der Waals surface area (Å²) < 4.78 is 5.35. The molecule has 0 aliphatic rings. The Labute approximate surface area is 145 Å². The fourth-order valence-corrected chi connectivity index (χ4v) is 2.31. The number of halogens is 2. The lowest BCUT2D eigenvalue weighted by atomic mass is 10.1. The number of nitrogens with one attached hydrogen (secondary N) is 2. The lowest BCUT2D eigenvalue weighted by Gasteiger charge is -2.09. The number of ether oxygens (including phenoxy) is 1. The third kappa shape index (κ3) is 5.66. The van der Waals surface area contributed by atoms with E-state index in [9.17, 15) is 4.79 Å². The maximum absolute atomic E-state index is 11.8. The number of hydrogen-bond donors (Lipinski definition) is 2. The van der Waals surface area contributed by atoms with Crippen molar-refractivity contribution >= 4 is 34.9 Å². The summed E-state index contributed by atoms with van der Waals surface area (Å²) in [7, 11) is 0. The Morgan fingerprint density at radius 2 is 1.83 bits per heavy atom. The molecule has 2 N–H and O–H groups in total. The number of urea groups is 1. The SMILES string of the molecule is CCOc1ccc(NC(=O)NCCc2ccc(Cl)c(Cl)c2)cc1. The molecule has 2 rings (SSSR count). The van der Waals surface area contributed by atoms with Gasteiger partial charge in [0.15, 0.2) is 0 Å². The van der Waals surface area contributed by atoms with Gasteiger partial charge in [0.05, 0.1) is 16.7 Å². The van der Waals surface area contributed by atoms with E-state index in [2.05, 4.69) is 10.6 Å².